The quantitative estimate of drug-likeness (QED) is 0.578. The highest BCUT2D eigenvalue weighted by atomic mass is 16.1. The summed E-state index contributed by atoms with van der Waals surface area (Å²) in [6, 6.07) is 8.00. The first-order valence-electron chi connectivity index (χ1n) is 5.84. The SMILES string of the molecule is Cc1ccc(C2(N=C=O)CCC(=O)CC2)cc1. The second-order valence-corrected chi connectivity index (χ2v) is 4.64. The van der Waals surface area contributed by atoms with Crippen LogP contribution in [0.25, 0.3) is 0 Å². The molecule has 1 aliphatic carbocycles. The van der Waals surface area contributed by atoms with E-state index >= 15 is 0 Å². The van der Waals surface area contributed by atoms with Crippen molar-refractivity contribution in [3.8, 4) is 0 Å². The molecule has 1 saturated carbocycles. The zero-order valence-corrected chi connectivity index (χ0v) is 9.90. The number of carbonyl (C=O) groups excluding carboxylic acids is 2. The molecule has 0 heterocycles. The molecule has 0 atom stereocenters. The fourth-order valence-electron chi connectivity index (χ4n) is 2.36. The van der Waals surface area contributed by atoms with Crippen LogP contribution in [0.15, 0.2) is 29.3 Å². The summed E-state index contributed by atoms with van der Waals surface area (Å²) in [5.41, 5.74) is 1.66. The Morgan fingerprint density at radius 2 is 1.76 bits per heavy atom. The molecule has 0 unspecified atom stereocenters. The van der Waals surface area contributed by atoms with E-state index in [0.717, 1.165) is 5.56 Å². The van der Waals surface area contributed by atoms with Crippen molar-refractivity contribution < 1.29 is 9.59 Å². The highest BCUT2D eigenvalue weighted by molar-refractivity contribution is 5.79. The van der Waals surface area contributed by atoms with E-state index in [4.69, 9.17) is 0 Å². The summed E-state index contributed by atoms with van der Waals surface area (Å²) in [6.07, 6.45) is 3.90. The fraction of sp³-hybridized carbons (Fsp3) is 0.429. The molecule has 1 aromatic carbocycles. The molecule has 17 heavy (non-hydrogen) atoms. The maximum absolute atomic E-state index is 11.3. The van der Waals surface area contributed by atoms with Crippen LogP contribution < -0.4 is 0 Å². The van der Waals surface area contributed by atoms with E-state index in [-0.39, 0.29) is 5.78 Å². The van der Waals surface area contributed by atoms with E-state index in [1.54, 1.807) is 6.08 Å². The summed E-state index contributed by atoms with van der Waals surface area (Å²) in [5, 5.41) is 0. The molecule has 3 nitrogen and oxygen atoms in total. The van der Waals surface area contributed by atoms with Crippen molar-refractivity contribution in [3.63, 3.8) is 0 Å². The first-order valence-corrected chi connectivity index (χ1v) is 5.84. The second kappa shape index (κ2) is 4.64. The largest absolute Gasteiger partial charge is 0.300 e. The average molecular weight is 229 g/mol. The first kappa shape index (κ1) is 11.7. The summed E-state index contributed by atoms with van der Waals surface area (Å²) in [6.45, 7) is 2.02. The van der Waals surface area contributed by atoms with Gasteiger partial charge in [0.1, 0.15) is 5.78 Å². The lowest BCUT2D eigenvalue weighted by Gasteiger charge is -2.32. The Kier molecular flexibility index (Phi) is 3.21. The van der Waals surface area contributed by atoms with Crippen molar-refractivity contribution in [2.24, 2.45) is 4.99 Å². The molecule has 0 N–H and O–H groups in total. The summed E-state index contributed by atoms with van der Waals surface area (Å²) in [5.74, 6) is 0.258. The predicted molar refractivity (Wildman–Crippen MR) is 64.5 cm³/mol. The second-order valence-electron chi connectivity index (χ2n) is 4.64. The number of aryl methyl sites for hydroxylation is 1. The van der Waals surface area contributed by atoms with Crippen molar-refractivity contribution in [2.45, 2.75) is 38.1 Å². The van der Waals surface area contributed by atoms with Crippen LogP contribution in [-0.4, -0.2) is 11.9 Å². The molecular formula is C14H15NO2. The number of ketones is 1. The third-order valence-electron chi connectivity index (χ3n) is 3.48. The van der Waals surface area contributed by atoms with Gasteiger partial charge in [0.25, 0.3) is 0 Å². The molecule has 0 saturated heterocycles. The third kappa shape index (κ3) is 2.34. The van der Waals surface area contributed by atoms with E-state index in [9.17, 15) is 9.59 Å². The number of carbonyl (C=O) groups is 1. The van der Waals surface area contributed by atoms with Crippen molar-refractivity contribution in [1.29, 1.82) is 0 Å². The zero-order chi connectivity index (χ0) is 12.3. The van der Waals surface area contributed by atoms with Gasteiger partial charge in [-0.25, -0.2) is 4.79 Å². The molecule has 1 aromatic rings. The van der Waals surface area contributed by atoms with Gasteiger partial charge in [0, 0.05) is 12.8 Å². The molecular weight excluding hydrogens is 214 g/mol. The van der Waals surface area contributed by atoms with Crippen molar-refractivity contribution in [3.05, 3.63) is 35.4 Å². The summed E-state index contributed by atoms with van der Waals surface area (Å²) >= 11 is 0. The van der Waals surface area contributed by atoms with Gasteiger partial charge in [0.15, 0.2) is 0 Å². The number of isocyanates is 1. The summed E-state index contributed by atoms with van der Waals surface area (Å²) in [4.78, 5) is 25.9. The minimum Gasteiger partial charge on any atom is -0.300 e. The number of Topliss-reactive ketones (excluding diaryl/α,β-unsaturated/α-hetero) is 1. The average Bonchev–Trinajstić information content (AvgIpc) is 2.34. The molecule has 0 aromatic heterocycles. The van der Waals surface area contributed by atoms with E-state index in [1.165, 1.54) is 5.56 Å². The van der Waals surface area contributed by atoms with Crippen LogP contribution in [-0.2, 0) is 15.1 Å². The van der Waals surface area contributed by atoms with Crippen molar-refractivity contribution in [1.82, 2.24) is 0 Å². The molecule has 1 aliphatic rings. The number of rotatable bonds is 2. The van der Waals surface area contributed by atoms with E-state index in [1.807, 2.05) is 31.2 Å². The maximum Gasteiger partial charge on any atom is 0.235 e. The Hall–Kier alpha value is -1.73. The monoisotopic (exact) mass is 229 g/mol. The topological polar surface area (TPSA) is 46.5 Å². The van der Waals surface area contributed by atoms with Gasteiger partial charge < -0.3 is 0 Å². The zero-order valence-electron chi connectivity index (χ0n) is 9.90. The molecule has 0 radical (unpaired) electrons. The summed E-state index contributed by atoms with van der Waals surface area (Å²) in [7, 11) is 0. The molecule has 1 fully saturated rings. The highest BCUT2D eigenvalue weighted by Gasteiger charge is 2.36. The van der Waals surface area contributed by atoms with Gasteiger partial charge in [0.05, 0.1) is 5.54 Å². The van der Waals surface area contributed by atoms with Crippen LogP contribution in [0.4, 0.5) is 0 Å². The normalized spacial score (nSPS) is 18.5. The Balaban J connectivity index is 2.37. The van der Waals surface area contributed by atoms with Crippen molar-refractivity contribution >= 4 is 11.9 Å². The Morgan fingerprint density at radius 1 is 1.18 bits per heavy atom. The summed E-state index contributed by atoms with van der Waals surface area (Å²) < 4.78 is 0. The third-order valence-corrected chi connectivity index (χ3v) is 3.48. The van der Waals surface area contributed by atoms with Gasteiger partial charge in [0.2, 0.25) is 6.08 Å². The van der Waals surface area contributed by atoms with Crippen LogP contribution in [0.2, 0.25) is 0 Å². The minimum atomic E-state index is -0.524. The minimum absolute atomic E-state index is 0.258. The molecule has 0 bridgehead atoms. The number of benzene rings is 1. The lowest BCUT2D eigenvalue weighted by atomic mass is 9.76. The Morgan fingerprint density at radius 3 is 2.29 bits per heavy atom. The lowest BCUT2D eigenvalue weighted by molar-refractivity contribution is -0.121. The standard InChI is InChI=1S/C14H15NO2/c1-11-2-4-12(5-3-11)14(15-10-16)8-6-13(17)7-9-14/h2-5H,6-9H2,1H3. The first-order chi connectivity index (χ1) is 8.16. The van der Waals surface area contributed by atoms with Crippen LogP contribution in [0.3, 0.4) is 0 Å². The predicted octanol–water partition coefficient (Wildman–Crippen LogP) is 2.67. The molecule has 3 heteroatoms. The highest BCUT2D eigenvalue weighted by Crippen LogP contribution is 2.39. The Labute approximate surface area is 101 Å². The van der Waals surface area contributed by atoms with Gasteiger partial charge in [-0.05, 0) is 25.3 Å². The van der Waals surface area contributed by atoms with Gasteiger partial charge in [-0.15, -0.1) is 0 Å². The number of nitrogens with zero attached hydrogens (tertiary/aromatic N) is 1. The molecule has 0 aliphatic heterocycles. The van der Waals surface area contributed by atoms with Gasteiger partial charge in [-0.2, -0.15) is 4.99 Å². The van der Waals surface area contributed by atoms with E-state index < -0.39 is 5.54 Å². The number of aliphatic imine (C=N–C) groups is 1. The molecule has 2 rings (SSSR count). The molecule has 88 valence electrons. The Bertz CT molecular complexity index is 460. The van der Waals surface area contributed by atoms with Crippen LogP contribution in [0, 0.1) is 6.92 Å². The van der Waals surface area contributed by atoms with E-state index in [2.05, 4.69) is 4.99 Å². The van der Waals surface area contributed by atoms with Gasteiger partial charge in [-0.3, -0.25) is 4.79 Å². The lowest BCUT2D eigenvalue weighted by Crippen LogP contribution is -2.30. The smallest absolute Gasteiger partial charge is 0.235 e. The van der Waals surface area contributed by atoms with E-state index in [0.29, 0.717) is 25.7 Å². The maximum atomic E-state index is 11.3. The van der Waals surface area contributed by atoms with Crippen LogP contribution in [0.1, 0.15) is 36.8 Å². The van der Waals surface area contributed by atoms with Crippen LogP contribution in [0.5, 0.6) is 0 Å². The molecule has 0 spiro atoms. The van der Waals surface area contributed by atoms with Gasteiger partial charge >= 0.3 is 0 Å². The fourth-order valence-corrected chi connectivity index (χ4v) is 2.36. The van der Waals surface area contributed by atoms with Crippen molar-refractivity contribution in [2.75, 3.05) is 0 Å². The van der Waals surface area contributed by atoms with Gasteiger partial charge in [-0.1, -0.05) is 29.8 Å². The number of hydrogen-bond acceptors (Lipinski definition) is 3. The van der Waals surface area contributed by atoms with Crippen LogP contribution >= 0.6 is 0 Å². The number of hydrogen-bond donors (Lipinski definition) is 0. The molecule has 0 amide bonds.